The first-order chi connectivity index (χ1) is 11.5. The van der Waals surface area contributed by atoms with Crippen LogP contribution in [-0.2, 0) is 4.79 Å². The molecule has 0 radical (unpaired) electrons. The van der Waals surface area contributed by atoms with Crippen molar-refractivity contribution in [3.8, 4) is 5.75 Å². The maximum atomic E-state index is 12.6. The number of thiocarbonyl (C=S) groups is 1. The lowest BCUT2D eigenvalue weighted by Crippen LogP contribution is -2.27. The number of rotatable bonds is 3. The predicted octanol–water partition coefficient (Wildman–Crippen LogP) is 4.00. The van der Waals surface area contributed by atoms with Crippen LogP contribution in [0.5, 0.6) is 5.75 Å². The third-order valence-electron chi connectivity index (χ3n) is 3.52. The minimum atomic E-state index is -0.200. The first-order valence-electron chi connectivity index (χ1n) is 7.14. The van der Waals surface area contributed by atoms with E-state index in [0.717, 1.165) is 5.56 Å². The number of aromatic hydroxyl groups is 1. The van der Waals surface area contributed by atoms with Gasteiger partial charge in [-0.3, -0.25) is 14.5 Å². The molecule has 0 bridgehead atoms. The van der Waals surface area contributed by atoms with Crippen molar-refractivity contribution in [3.05, 3.63) is 64.6 Å². The van der Waals surface area contributed by atoms with Gasteiger partial charge >= 0.3 is 0 Å². The van der Waals surface area contributed by atoms with E-state index in [2.05, 4.69) is 0 Å². The van der Waals surface area contributed by atoms with Gasteiger partial charge in [0.15, 0.2) is 10.1 Å². The van der Waals surface area contributed by atoms with Crippen molar-refractivity contribution in [1.82, 2.24) is 0 Å². The Morgan fingerprint density at radius 3 is 2.33 bits per heavy atom. The topological polar surface area (TPSA) is 57.6 Å². The lowest BCUT2D eigenvalue weighted by atomic mass is 10.1. The number of phenols is 1. The molecule has 2 aromatic carbocycles. The number of carbonyl (C=O) groups excluding carboxylic acids is 2. The molecule has 120 valence electrons. The quantitative estimate of drug-likeness (QED) is 0.512. The number of hydrogen-bond donors (Lipinski definition) is 1. The minimum absolute atomic E-state index is 0.0286. The summed E-state index contributed by atoms with van der Waals surface area (Å²) in [7, 11) is 0. The van der Waals surface area contributed by atoms with Crippen molar-refractivity contribution < 1.29 is 14.7 Å². The lowest BCUT2D eigenvalue weighted by Gasteiger charge is -2.14. The van der Waals surface area contributed by atoms with E-state index in [-0.39, 0.29) is 17.4 Å². The summed E-state index contributed by atoms with van der Waals surface area (Å²) in [6, 6.07) is 13.4. The number of hydrogen-bond acceptors (Lipinski definition) is 5. The number of amides is 1. The molecule has 24 heavy (non-hydrogen) atoms. The fourth-order valence-corrected chi connectivity index (χ4v) is 3.56. The molecule has 0 aromatic heterocycles. The van der Waals surface area contributed by atoms with Crippen molar-refractivity contribution in [2.75, 3.05) is 4.90 Å². The molecular weight excluding hydrogens is 342 g/mol. The maximum Gasteiger partial charge on any atom is 0.270 e. The Bertz CT molecular complexity index is 855. The van der Waals surface area contributed by atoms with E-state index in [1.807, 2.05) is 0 Å². The van der Waals surface area contributed by atoms with Crippen LogP contribution in [0.2, 0.25) is 0 Å². The number of Topliss-reactive ketones (excluding diaryl/α,β-unsaturated/α-hetero) is 1. The molecule has 0 unspecified atom stereocenters. The van der Waals surface area contributed by atoms with E-state index >= 15 is 0 Å². The number of anilines is 1. The summed E-state index contributed by atoms with van der Waals surface area (Å²) in [5, 5.41) is 9.32. The minimum Gasteiger partial charge on any atom is -0.508 e. The summed E-state index contributed by atoms with van der Waals surface area (Å²) in [5.41, 5.74) is 2.03. The molecule has 4 nitrogen and oxygen atoms in total. The van der Waals surface area contributed by atoms with Gasteiger partial charge in [-0.05, 0) is 55.0 Å². The normalized spacial score (nSPS) is 16.0. The highest BCUT2D eigenvalue weighted by Gasteiger charge is 2.33. The fourth-order valence-electron chi connectivity index (χ4n) is 2.26. The van der Waals surface area contributed by atoms with Gasteiger partial charge in [0.1, 0.15) is 5.75 Å². The summed E-state index contributed by atoms with van der Waals surface area (Å²) in [6.07, 6.45) is 1.74. The first-order valence-corrected chi connectivity index (χ1v) is 8.36. The largest absolute Gasteiger partial charge is 0.508 e. The van der Waals surface area contributed by atoms with Gasteiger partial charge < -0.3 is 5.11 Å². The molecule has 2 aromatic rings. The fraction of sp³-hybridized carbons (Fsp3) is 0.0556. The third-order valence-corrected chi connectivity index (χ3v) is 4.82. The number of thioether (sulfide) groups is 1. The molecule has 1 amide bonds. The Hall–Kier alpha value is -2.44. The van der Waals surface area contributed by atoms with E-state index in [1.165, 1.54) is 23.6 Å². The van der Waals surface area contributed by atoms with Crippen LogP contribution in [-0.4, -0.2) is 21.1 Å². The molecule has 1 saturated heterocycles. The predicted molar refractivity (Wildman–Crippen MR) is 100 cm³/mol. The van der Waals surface area contributed by atoms with Crippen LogP contribution in [0, 0.1) is 0 Å². The molecule has 0 spiro atoms. The Morgan fingerprint density at radius 2 is 1.75 bits per heavy atom. The molecule has 1 aliphatic heterocycles. The van der Waals surface area contributed by atoms with E-state index < -0.39 is 0 Å². The highest BCUT2D eigenvalue weighted by atomic mass is 32.2. The van der Waals surface area contributed by atoms with Crippen LogP contribution in [0.25, 0.3) is 6.08 Å². The SMILES string of the molecule is CC(=O)c1ccc(N2C(=O)C(=Cc3ccc(O)cc3)SC2=S)cc1. The molecule has 1 fully saturated rings. The van der Waals surface area contributed by atoms with Crippen LogP contribution < -0.4 is 4.90 Å². The van der Waals surface area contributed by atoms with Crippen molar-refractivity contribution in [1.29, 1.82) is 0 Å². The Balaban J connectivity index is 1.88. The van der Waals surface area contributed by atoms with E-state index in [0.29, 0.717) is 20.5 Å². The first kappa shape index (κ1) is 16.4. The number of ketones is 1. The smallest absolute Gasteiger partial charge is 0.270 e. The van der Waals surface area contributed by atoms with Crippen molar-refractivity contribution in [3.63, 3.8) is 0 Å². The van der Waals surface area contributed by atoms with Crippen LogP contribution >= 0.6 is 24.0 Å². The molecule has 1 aliphatic rings. The molecule has 0 atom stereocenters. The Morgan fingerprint density at radius 1 is 1.12 bits per heavy atom. The van der Waals surface area contributed by atoms with E-state index in [4.69, 9.17) is 12.2 Å². The summed E-state index contributed by atoms with van der Waals surface area (Å²) >= 11 is 6.54. The zero-order chi connectivity index (χ0) is 17.3. The van der Waals surface area contributed by atoms with E-state index in [9.17, 15) is 14.7 Å². The Labute approximate surface area is 148 Å². The van der Waals surface area contributed by atoms with E-state index in [1.54, 1.807) is 54.6 Å². The van der Waals surface area contributed by atoms with Crippen LogP contribution in [0.15, 0.2) is 53.4 Å². The highest BCUT2D eigenvalue weighted by Crippen LogP contribution is 2.36. The van der Waals surface area contributed by atoms with Gasteiger partial charge in [0.05, 0.1) is 10.6 Å². The average molecular weight is 355 g/mol. The standard InChI is InChI=1S/C18H13NO3S2/c1-11(20)13-4-6-14(7-5-13)19-17(22)16(24-18(19)23)10-12-2-8-15(21)9-3-12/h2-10,21H,1H3. The summed E-state index contributed by atoms with van der Waals surface area (Å²) in [5.74, 6) is -0.0573. The van der Waals surface area contributed by atoms with Crippen molar-refractivity contribution >= 4 is 51.8 Å². The second-order valence-electron chi connectivity index (χ2n) is 5.21. The third kappa shape index (κ3) is 3.25. The van der Waals surface area contributed by atoms with Gasteiger partial charge in [-0.1, -0.05) is 36.1 Å². The molecule has 0 aliphatic carbocycles. The van der Waals surface area contributed by atoms with Crippen molar-refractivity contribution in [2.45, 2.75) is 6.92 Å². The summed E-state index contributed by atoms with van der Waals surface area (Å²) in [6.45, 7) is 1.50. The lowest BCUT2D eigenvalue weighted by molar-refractivity contribution is -0.113. The molecule has 6 heteroatoms. The summed E-state index contributed by atoms with van der Waals surface area (Å²) in [4.78, 5) is 26.0. The van der Waals surface area contributed by atoms with Crippen LogP contribution in [0.4, 0.5) is 5.69 Å². The van der Waals surface area contributed by atoms with Crippen LogP contribution in [0.1, 0.15) is 22.8 Å². The molecule has 3 rings (SSSR count). The highest BCUT2D eigenvalue weighted by molar-refractivity contribution is 8.27. The number of benzene rings is 2. The molecule has 1 N–H and O–H groups in total. The van der Waals surface area contributed by atoms with Gasteiger partial charge in [0, 0.05) is 5.56 Å². The van der Waals surface area contributed by atoms with Crippen molar-refractivity contribution in [2.24, 2.45) is 0 Å². The van der Waals surface area contributed by atoms with Gasteiger partial charge in [-0.2, -0.15) is 0 Å². The second-order valence-corrected chi connectivity index (χ2v) is 6.89. The number of nitrogens with zero attached hydrogens (tertiary/aromatic N) is 1. The summed E-state index contributed by atoms with van der Waals surface area (Å²) < 4.78 is 0.445. The number of phenolic OH excluding ortho intramolecular Hbond substituents is 1. The van der Waals surface area contributed by atoms with Gasteiger partial charge in [-0.25, -0.2) is 0 Å². The number of carbonyl (C=O) groups is 2. The van der Waals surface area contributed by atoms with Gasteiger partial charge in [-0.15, -0.1) is 0 Å². The zero-order valence-electron chi connectivity index (χ0n) is 12.7. The second kappa shape index (κ2) is 6.59. The Kier molecular flexibility index (Phi) is 4.51. The molecule has 0 saturated carbocycles. The van der Waals surface area contributed by atoms with Gasteiger partial charge in [0.2, 0.25) is 0 Å². The molecule has 1 heterocycles. The monoisotopic (exact) mass is 355 g/mol. The van der Waals surface area contributed by atoms with Gasteiger partial charge in [0.25, 0.3) is 5.91 Å². The average Bonchev–Trinajstić information content (AvgIpc) is 2.83. The maximum absolute atomic E-state index is 12.6. The van der Waals surface area contributed by atoms with Crippen LogP contribution in [0.3, 0.4) is 0 Å². The zero-order valence-corrected chi connectivity index (χ0v) is 14.4. The molecular formula is C18H13NO3S2.